The molecule has 2 aromatic rings. The molecule has 168 valence electrons. The smallest absolute Gasteiger partial charge is 0.352 e. The number of aliphatic carboxylic acids is 1. The van der Waals surface area contributed by atoms with Crippen LogP contribution in [0.25, 0.3) is 0 Å². The van der Waals surface area contributed by atoms with Gasteiger partial charge in [0.05, 0.1) is 17.9 Å². The van der Waals surface area contributed by atoms with Crippen molar-refractivity contribution in [2.45, 2.75) is 26.7 Å². The van der Waals surface area contributed by atoms with Crippen LogP contribution in [0.2, 0.25) is 5.02 Å². The number of halogens is 1. The Kier molecular flexibility index (Phi) is 8.53. The maximum atomic E-state index is 11.7. The number of hydrazone groups is 1. The summed E-state index contributed by atoms with van der Waals surface area (Å²) in [4.78, 5) is 23.3. The molecule has 0 atom stereocenters. The first kappa shape index (κ1) is 23.6. The lowest BCUT2D eigenvalue weighted by Gasteiger charge is -2.17. The van der Waals surface area contributed by atoms with Gasteiger partial charge < -0.3 is 10.0 Å². The van der Waals surface area contributed by atoms with E-state index in [0.717, 1.165) is 42.9 Å². The molecule has 3 rings (SSSR count). The van der Waals surface area contributed by atoms with Gasteiger partial charge in [0.1, 0.15) is 11.5 Å². The number of rotatable bonds is 9. The van der Waals surface area contributed by atoms with Gasteiger partial charge in [0.2, 0.25) is 0 Å². The average Bonchev–Trinajstić information content (AvgIpc) is 2.98. The van der Waals surface area contributed by atoms with Crippen molar-refractivity contribution in [3.05, 3.63) is 64.7 Å². The van der Waals surface area contributed by atoms with Crippen LogP contribution < -0.4 is 5.43 Å². The second-order valence-electron chi connectivity index (χ2n) is 7.36. The zero-order valence-electron chi connectivity index (χ0n) is 18.4. The number of amidine groups is 1. The highest BCUT2D eigenvalue weighted by Gasteiger charge is 2.17. The molecule has 0 radical (unpaired) electrons. The Morgan fingerprint density at radius 3 is 2.62 bits per heavy atom. The Labute approximate surface area is 193 Å². The Bertz CT molecular complexity index is 1030. The summed E-state index contributed by atoms with van der Waals surface area (Å²) in [6.45, 7) is 7.14. The van der Waals surface area contributed by atoms with Crippen LogP contribution in [-0.2, 0) is 4.79 Å². The van der Waals surface area contributed by atoms with Gasteiger partial charge in [-0.15, -0.1) is 0 Å². The lowest BCUT2D eigenvalue weighted by molar-refractivity contribution is -0.129. The summed E-state index contributed by atoms with van der Waals surface area (Å²) in [7, 11) is 0. The van der Waals surface area contributed by atoms with E-state index >= 15 is 0 Å². The molecule has 0 aromatic heterocycles. The van der Waals surface area contributed by atoms with Crippen molar-refractivity contribution in [3.63, 3.8) is 0 Å². The first-order valence-electron chi connectivity index (χ1n) is 10.8. The van der Waals surface area contributed by atoms with Gasteiger partial charge in [-0.05, 0) is 44.3 Å². The summed E-state index contributed by atoms with van der Waals surface area (Å²) in [5.74, 6) is -0.561. The monoisotopic (exact) mass is 453 g/mol. The summed E-state index contributed by atoms with van der Waals surface area (Å²) in [5, 5.41) is 14.3. The number of benzene rings is 2. The van der Waals surface area contributed by atoms with Gasteiger partial charge in [-0.1, -0.05) is 55.8 Å². The zero-order chi connectivity index (χ0) is 22.9. The van der Waals surface area contributed by atoms with Crippen LogP contribution in [0.15, 0.2) is 63.6 Å². The quantitative estimate of drug-likeness (QED) is 0.435. The van der Waals surface area contributed by atoms with Gasteiger partial charge in [0.15, 0.2) is 0 Å². The first-order chi connectivity index (χ1) is 15.5. The van der Waals surface area contributed by atoms with Gasteiger partial charge in [-0.25, -0.2) is 9.79 Å². The van der Waals surface area contributed by atoms with Crippen LogP contribution >= 0.6 is 11.6 Å². The van der Waals surface area contributed by atoms with Crippen molar-refractivity contribution < 1.29 is 9.90 Å². The molecule has 0 saturated heterocycles. The number of carboxylic acid groups (broad SMARTS) is 1. The second-order valence-corrected chi connectivity index (χ2v) is 7.79. The molecule has 0 saturated carbocycles. The lowest BCUT2D eigenvalue weighted by Crippen LogP contribution is -2.27. The number of hydrogen-bond acceptors (Lipinski definition) is 6. The Hall–Kier alpha value is -3.03. The third-order valence-electron chi connectivity index (χ3n) is 5.25. The molecule has 8 heteroatoms. The summed E-state index contributed by atoms with van der Waals surface area (Å²) >= 11 is 6.24. The first-order valence-corrected chi connectivity index (χ1v) is 11.1. The van der Waals surface area contributed by atoms with Gasteiger partial charge in [-0.3, -0.25) is 10.4 Å². The number of hydrogen-bond donors (Lipinski definition) is 2. The minimum atomic E-state index is -1.04. The number of carbonyl (C=O) groups is 1. The SMILES string of the molecule is CCN(CC)CCC/C(=N\NC1=Nc2ccc(Cl)cc2C(c2ccccc2)=NC1)C(=O)O. The Balaban J connectivity index is 1.81. The molecule has 1 aliphatic heterocycles. The van der Waals surface area contributed by atoms with E-state index in [-0.39, 0.29) is 12.3 Å². The summed E-state index contributed by atoms with van der Waals surface area (Å²) < 4.78 is 0. The van der Waals surface area contributed by atoms with Crippen LogP contribution in [0, 0.1) is 0 Å². The molecule has 0 fully saturated rings. The fourth-order valence-corrected chi connectivity index (χ4v) is 3.64. The van der Waals surface area contributed by atoms with E-state index in [1.54, 1.807) is 6.07 Å². The third-order valence-corrected chi connectivity index (χ3v) is 5.49. The van der Waals surface area contributed by atoms with Crippen molar-refractivity contribution >= 4 is 40.5 Å². The molecule has 2 aromatic carbocycles. The van der Waals surface area contributed by atoms with E-state index in [2.05, 4.69) is 34.3 Å². The minimum absolute atomic E-state index is 0.0766. The number of carboxylic acids is 1. The van der Waals surface area contributed by atoms with Crippen molar-refractivity contribution in [2.24, 2.45) is 15.1 Å². The highest BCUT2D eigenvalue weighted by atomic mass is 35.5. The Morgan fingerprint density at radius 2 is 1.94 bits per heavy atom. The Morgan fingerprint density at radius 1 is 1.19 bits per heavy atom. The van der Waals surface area contributed by atoms with Crippen molar-refractivity contribution in [3.8, 4) is 0 Å². The molecule has 0 bridgehead atoms. The summed E-state index contributed by atoms with van der Waals surface area (Å²) in [6.07, 6.45) is 1.09. The van der Waals surface area contributed by atoms with Crippen LogP contribution in [-0.4, -0.2) is 59.4 Å². The van der Waals surface area contributed by atoms with Gasteiger partial charge in [-0.2, -0.15) is 5.10 Å². The average molecular weight is 454 g/mol. The molecule has 7 nitrogen and oxygen atoms in total. The largest absolute Gasteiger partial charge is 0.477 e. The molecular formula is C24H28ClN5O2. The van der Waals surface area contributed by atoms with Crippen molar-refractivity contribution in [1.82, 2.24) is 10.3 Å². The molecule has 32 heavy (non-hydrogen) atoms. The maximum absolute atomic E-state index is 11.7. The van der Waals surface area contributed by atoms with E-state index in [0.29, 0.717) is 23.0 Å². The maximum Gasteiger partial charge on any atom is 0.352 e. The fraction of sp³-hybridized carbons (Fsp3) is 0.333. The highest BCUT2D eigenvalue weighted by molar-refractivity contribution is 6.35. The third kappa shape index (κ3) is 6.24. The molecule has 0 aliphatic carbocycles. The minimum Gasteiger partial charge on any atom is -0.477 e. The predicted molar refractivity (Wildman–Crippen MR) is 131 cm³/mol. The zero-order valence-corrected chi connectivity index (χ0v) is 19.1. The highest BCUT2D eigenvalue weighted by Crippen LogP contribution is 2.28. The number of nitrogens with one attached hydrogen (secondary N) is 1. The van der Waals surface area contributed by atoms with E-state index in [1.807, 2.05) is 42.5 Å². The molecule has 0 unspecified atom stereocenters. The van der Waals surface area contributed by atoms with Crippen LogP contribution in [0.3, 0.4) is 0 Å². The van der Waals surface area contributed by atoms with E-state index in [9.17, 15) is 9.90 Å². The number of nitrogens with zero attached hydrogens (tertiary/aromatic N) is 4. The molecular weight excluding hydrogens is 426 g/mol. The van der Waals surface area contributed by atoms with Crippen molar-refractivity contribution in [1.29, 1.82) is 0 Å². The molecule has 1 heterocycles. The normalized spacial score (nSPS) is 13.8. The van der Waals surface area contributed by atoms with Crippen molar-refractivity contribution in [2.75, 3.05) is 26.2 Å². The molecule has 1 aliphatic rings. The topological polar surface area (TPSA) is 89.6 Å². The van der Waals surface area contributed by atoms with E-state index in [1.165, 1.54) is 0 Å². The van der Waals surface area contributed by atoms with Gasteiger partial charge in [0, 0.05) is 22.6 Å². The van der Waals surface area contributed by atoms with Crippen LogP contribution in [0.5, 0.6) is 0 Å². The summed E-state index contributed by atoms with van der Waals surface area (Å²) in [5.41, 5.74) is 6.18. The fourth-order valence-electron chi connectivity index (χ4n) is 3.47. The molecule has 2 N–H and O–H groups in total. The number of aliphatic imine (C=N–C) groups is 2. The summed E-state index contributed by atoms with van der Waals surface area (Å²) in [6, 6.07) is 15.3. The van der Waals surface area contributed by atoms with E-state index in [4.69, 9.17) is 16.6 Å². The lowest BCUT2D eigenvalue weighted by atomic mass is 10.0. The standard InChI is InChI=1S/C24H28ClN5O2/c1-3-30(4-2)14-8-11-21(24(31)32)28-29-22-16-26-23(17-9-6-5-7-10-17)19-15-18(25)12-13-20(19)27-22/h5-7,9-10,12-13,15H,3-4,8,11,14,16H2,1-2H3,(H,27,29)(H,31,32)/b28-21+. The van der Waals surface area contributed by atoms with Gasteiger partial charge >= 0.3 is 5.97 Å². The number of fused-ring (bicyclic) bond motifs is 1. The van der Waals surface area contributed by atoms with Crippen LogP contribution in [0.1, 0.15) is 37.8 Å². The van der Waals surface area contributed by atoms with Gasteiger partial charge in [0.25, 0.3) is 0 Å². The van der Waals surface area contributed by atoms with Crippen LogP contribution in [0.4, 0.5) is 5.69 Å². The predicted octanol–water partition coefficient (Wildman–Crippen LogP) is 4.37. The molecule has 0 amide bonds. The second kappa shape index (κ2) is 11.5. The molecule has 0 spiro atoms. The van der Waals surface area contributed by atoms with E-state index < -0.39 is 5.97 Å².